The van der Waals surface area contributed by atoms with Gasteiger partial charge in [-0.15, -0.1) is 21.5 Å². The molecule has 0 aliphatic heterocycles. The monoisotopic (exact) mass is 433 g/mol. The Kier molecular flexibility index (Phi) is 5.90. The Balaban J connectivity index is 1.31. The van der Waals surface area contributed by atoms with Crippen LogP contribution in [-0.2, 0) is 12.4 Å². The van der Waals surface area contributed by atoms with Gasteiger partial charge in [0.1, 0.15) is 23.2 Å². The van der Waals surface area contributed by atoms with E-state index in [2.05, 4.69) is 15.2 Å². The topological polar surface area (TPSA) is 61.0 Å². The lowest BCUT2D eigenvalue weighted by atomic mass is 10.2. The zero-order valence-corrected chi connectivity index (χ0v) is 16.7. The summed E-state index contributed by atoms with van der Waals surface area (Å²) in [5, 5.41) is 12.0. The van der Waals surface area contributed by atoms with Crippen LogP contribution in [0.5, 0.6) is 5.75 Å². The highest BCUT2D eigenvalue weighted by atomic mass is 35.5. The van der Waals surface area contributed by atoms with Gasteiger partial charge in [-0.1, -0.05) is 29.4 Å². The highest BCUT2D eigenvalue weighted by Crippen LogP contribution is 2.27. The van der Waals surface area contributed by atoms with Gasteiger partial charge in [0.2, 0.25) is 5.89 Å². The SMILES string of the molecule is Fc1ccc(OCc2nc(CSc3nnc(-c4cccc(Cl)c4)o3)cs2)cc1. The molecule has 0 saturated carbocycles. The average molecular weight is 434 g/mol. The fourth-order valence-corrected chi connectivity index (χ4v) is 3.96. The summed E-state index contributed by atoms with van der Waals surface area (Å²) < 4.78 is 24.2. The van der Waals surface area contributed by atoms with Crippen molar-refractivity contribution < 1.29 is 13.5 Å². The Morgan fingerprint density at radius 3 is 2.82 bits per heavy atom. The third kappa shape index (κ3) is 4.89. The Bertz CT molecular complexity index is 1070. The van der Waals surface area contributed by atoms with E-state index in [1.165, 1.54) is 35.2 Å². The van der Waals surface area contributed by atoms with E-state index in [0.717, 1.165) is 16.3 Å². The van der Waals surface area contributed by atoms with Gasteiger partial charge in [0, 0.05) is 21.7 Å². The second-order valence-electron chi connectivity index (χ2n) is 5.65. The van der Waals surface area contributed by atoms with Crippen LogP contribution in [0.25, 0.3) is 11.5 Å². The summed E-state index contributed by atoms with van der Waals surface area (Å²) in [5.41, 5.74) is 1.68. The number of nitrogens with zero attached hydrogens (tertiary/aromatic N) is 3. The maximum atomic E-state index is 12.9. The second kappa shape index (κ2) is 8.72. The van der Waals surface area contributed by atoms with E-state index >= 15 is 0 Å². The summed E-state index contributed by atoms with van der Waals surface area (Å²) in [6.45, 7) is 0.334. The van der Waals surface area contributed by atoms with E-state index < -0.39 is 0 Å². The van der Waals surface area contributed by atoms with E-state index in [4.69, 9.17) is 20.8 Å². The molecule has 0 fully saturated rings. The first-order valence-corrected chi connectivity index (χ1v) is 10.4. The van der Waals surface area contributed by atoms with Gasteiger partial charge in [0.05, 0.1) is 5.69 Å². The molecular weight excluding hydrogens is 421 g/mol. The number of thiazole rings is 1. The van der Waals surface area contributed by atoms with Crippen molar-refractivity contribution in [3.05, 3.63) is 75.5 Å². The van der Waals surface area contributed by atoms with Crippen molar-refractivity contribution in [2.45, 2.75) is 17.6 Å². The molecule has 0 unspecified atom stereocenters. The minimum Gasteiger partial charge on any atom is -0.486 e. The highest BCUT2D eigenvalue weighted by molar-refractivity contribution is 7.98. The normalized spacial score (nSPS) is 10.9. The first kappa shape index (κ1) is 18.9. The number of ether oxygens (including phenoxy) is 1. The summed E-state index contributed by atoms with van der Waals surface area (Å²) >= 11 is 8.90. The van der Waals surface area contributed by atoms with Crippen LogP contribution in [0.15, 0.2) is 63.6 Å². The molecule has 0 bridgehead atoms. The molecule has 0 N–H and O–H groups in total. The van der Waals surface area contributed by atoms with E-state index in [0.29, 0.717) is 34.2 Å². The molecule has 4 aromatic rings. The van der Waals surface area contributed by atoms with E-state index in [-0.39, 0.29) is 5.82 Å². The van der Waals surface area contributed by atoms with Gasteiger partial charge >= 0.3 is 0 Å². The molecule has 142 valence electrons. The molecule has 2 aromatic carbocycles. The molecular formula is C19H13ClFN3O2S2. The van der Waals surface area contributed by atoms with Crippen molar-refractivity contribution in [3.8, 4) is 17.2 Å². The summed E-state index contributed by atoms with van der Waals surface area (Å²) in [5.74, 6) is 1.34. The van der Waals surface area contributed by atoms with Crippen LogP contribution in [-0.4, -0.2) is 15.2 Å². The molecule has 0 atom stereocenters. The predicted octanol–water partition coefficient (Wildman–Crippen LogP) is 5.86. The van der Waals surface area contributed by atoms with Crippen molar-refractivity contribution in [2.75, 3.05) is 0 Å². The van der Waals surface area contributed by atoms with Crippen LogP contribution in [0.2, 0.25) is 5.02 Å². The van der Waals surface area contributed by atoms with Crippen LogP contribution in [0.1, 0.15) is 10.7 Å². The number of thioether (sulfide) groups is 1. The molecule has 0 amide bonds. The van der Waals surface area contributed by atoms with Gasteiger partial charge in [0.15, 0.2) is 0 Å². The molecule has 28 heavy (non-hydrogen) atoms. The highest BCUT2D eigenvalue weighted by Gasteiger charge is 2.11. The van der Waals surface area contributed by atoms with Crippen LogP contribution in [0.3, 0.4) is 0 Å². The third-order valence-corrected chi connectivity index (χ3v) is 5.56. The fraction of sp³-hybridized carbons (Fsp3) is 0.105. The molecule has 0 aliphatic carbocycles. The summed E-state index contributed by atoms with van der Waals surface area (Å²) in [7, 11) is 0. The average Bonchev–Trinajstić information content (AvgIpc) is 3.35. The van der Waals surface area contributed by atoms with E-state index in [1.807, 2.05) is 17.5 Å². The zero-order chi connectivity index (χ0) is 19.3. The molecule has 9 heteroatoms. The minimum atomic E-state index is -0.291. The first-order valence-electron chi connectivity index (χ1n) is 8.19. The Hall–Kier alpha value is -2.42. The van der Waals surface area contributed by atoms with Gasteiger partial charge in [0.25, 0.3) is 5.22 Å². The van der Waals surface area contributed by atoms with Crippen LogP contribution in [0, 0.1) is 5.82 Å². The number of hydrogen-bond acceptors (Lipinski definition) is 7. The number of halogens is 2. The number of hydrogen-bond donors (Lipinski definition) is 0. The second-order valence-corrected chi connectivity index (χ2v) is 7.95. The Morgan fingerprint density at radius 1 is 1.14 bits per heavy atom. The van der Waals surface area contributed by atoms with E-state index in [1.54, 1.807) is 24.3 Å². The third-order valence-electron chi connectivity index (χ3n) is 3.60. The molecule has 0 saturated heterocycles. The van der Waals surface area contributed by atoms with Crippen molar-refractivity contribution >= 4 is 34.7 Å². The Labute approximate surface area is 173 Å². The maximum Gasteiger partial charge on any atom is 0.277 e. The van der Waals surface area contributed by atoms with Crippen LogP contribution < -0.4 is 4.74 Å². The molecule has 2 heterocycles. The molecule has 0 radical (unpaired) electrons. The molecule has 5 nitrogen and oxygen atoms in total. The lowest BCUT2D eigenvalue weighted by Crippen LogP contribution is -1.95. The van der Waals surface area contributed by atoms with Crippen molar-refractivity contribution in [2.24, 2.45) is 0 Å². The van der Waals surface area contributed by atoms with Gasteiger partial charge in [-0.25, -0.2) is 9.37 Å². The molecule has 4 rings (SSSR count). The standard InChI is InChI=1S/C19H13ClFN3O2S2/c20-13-3-1-2-12(8-13)18-23-24-19(26-18)28-11-15-10-27-17(22-15)9-25-16-6-4-14(21)5-7-16/h1-8,10H,9,11H2. The smallest absolute Gasteiger partial charge is 0.277 e. The zero-order valence-electron chi connectivity index (χ0n) is 14.3. The summed E-state index contributed by atoms with van der Waals surface area (Å²) in [4.78, 5) is 4.53. The summed E-state index contributed by atoms with van der Waals surface area (Å²) in [6, 6.07) is 13.2. The number of aromatic nitrogens is 3. The minimum absolute atomic E-state index is 0.291. The molecule has 2 aromatic heterocycles. The van der Waals surface area contributed by atoms with Crippen molar-refractivity contribution in [3.63, 3.8) is 0 Å². The molecule has 0 spiro atoms. The first-order chi connectivity index (χ1) is 13.7. The van der Waals surface area contributed by atoms with Crippen molar-refractivity contribution in [1.29, 1.82) is 0 Å². The fourth-order valence-electron chi connectivity index (χ4n) is 2.30. The Morgan fingerprint density at radius 2 is 2.00 bits per heavy atom. The van der Waals surface area contributed by atoms with Gasteiger partial charge in [-0.05, 0) is 42.5 Å². The largest absolute Gasteiger partial charge is 0.486 e. The predicted molar refractivity (Wildman–Crippen MR) is 107 cm³/mol. The maximum absolute atomic E-state index is 12.9. The van der Waals surface area contributed by atoms with Crippen LogP contribution in [0.4, 0.5) is 4.39 Å². The van der Waals surface area contributed by atoms with Gasteiger partial charge < -0.3 is 9.15 Å². The van der Waals surface area contributed by atoms with E-state index in [9.17, 15) is 4.39 Å². The quantitative estimate of drug-likeness (QED) is 0.340. The van der Waals surface area contributed by atoms with Gasteiger partial charge in [-0.2, -0.15) is 0 Å². The number of benzene rings is 2. The molecule has 0 aliphatic rings. The number of rotatable bonds is 7. The van der Waals surface area contributed by atoms with Crippen LogP contribution >= 0.6 is 34.7 Å². The van der Waals surface area contributed by atoms with Crippen molar-refractivity contribution in [1.82, 2.24) is 15.2 Å². The summed E-state index contributed by atoms with van der Waals surface area (Å²) in [6.07, 6.45) is 0. The van der Waals surface area contributed by atoms with Gasteiger partial charge in [-0.3, -0.25) is 0 Å². The lowest BCUT2D eigenvalue weighted by Gasteiger charge is -2.03. The lowest BCUT2D eigenvalue weighted by molar-refractivity contribution is 0.305.